The van der Waals surface area contributed by atoms with Gasteiger partial charge in [-0.2, -0.15) is 0 Å². The Balaban J connectivity index is 3.18. The second-order valence-corrected chi connectivity index (χ2v) is 3.28. The topological polar surface area (TPSA) is 66.8 Å². The summed E-state index contributed by atoms with van der Waals surface area (Å²) >= 11 is 0. The highest BCUT2D eigenvalue weighted by atomic mass is 16.5. The van der Waals surface area contributed by atoms with Crippen LogP contribution in [-0.4, -0.2) is 35.5 Å². The SMILES string of the molecule is CCOCC[C@H](O)CCCCC(=O)O. The van der Waals surface area contributed by atoms with Crippen molar-refractivity contribution in [2.45, 2.75) is 45.1 Å². The maximum atomic E-state index is 10.2. The Bertz CT molecular complexity index is 147. The third-order valence-corrected chi connectivity index (χ3v) is 1.98. The molecule has 0 unspecified atom stereocenters. The van der Waals surface area contributed by atoms with E-state index in [4.69, 9.17) is 9.84 Å². The minimum Gasteiger partial charge on any atom is -0.481 e. The number of carbonyl (C=O) groups is 1. The van der Waals surface area contributed by atoms with Crippen LogP contribution >= 0.6 is 0 Å². The fraction of sp³-hybridized carbons (Fsp3) is 0.900. The molecule has 1 atom stereocenters. The third-order valence-electron chi connectivity index (χ3n) is 1.98. The molecule has 0 aliphatic carbocycles. The Kier molecular flexibility index (Phi) is 8.57. The summed E-state index contributed by atoms with van der Waals surface area (Å²) < 4.78 is 5.09. The van der Waals surface area contributed by atoms with Crippen LogP contribution in [0.1, 0.15) is 39.0 Å². The van der Waals surface area contributed by atoms with Crippen molar-refractivity contribution >= 4 is 5.97 Å². The summed E-state index contributed by atoms with van der Waals surface area (Å²) in [5, 5.41) is 17.8. The van der Waals surface area contributed by atoms with E-state index in [0.717, 1.165) is 6.42 Å². The van der Waals surface area contributed by atoms with E-state index in [-0.39, 0.29) is 12.5 Å². The first-order valence-electron chi connectivity index (χ1n) is 5.14. The van der Waals surface area contributed by atoms with Gasteiger partial charge in [-0.05, 0) is 26.2 Å². The van der Waals surface area contributed by atoms with E-state index in [9.17, 15) is 9.90 Å². The minimum absolute atomic E-state index is 0.193. The van der Waals surface area contributed by atoms with E-state index >= 15 is 0 Å². The summed E-state index contributed by atoms with van der Waals surface area (Å²) in [6, 6.07) is 0. The van der Waals surface area contributed by atoms with Gasteiger partial charge in [-0.1, -0.05) is 6.42 Å². The number of aliphatic hydroxyl groups is 1. The van der Waals surface area contributed by atoms with Crippen molar-refractivity contribution in [3.63, 3.8) is 0 Å². The lowest BCUT2D eigenvalue weighted by Gasteiger charge is -2.09. The summed E-state index contributed by atoms with van der Waals surface area (Å²) in [5.74, 6) is -0.770. The van der Waals surface area contributed by atoms with Crippen LogP contribution in [-0.2, 0) is 9.53 Å². The van der Waals surface area contributed by atoms with Gasteiger partial charge in [0.15, 0.2) is 0 Å². The number of ether oxygens (including phenoxy) is 1. The van der Waals surface area contributed by atoms with Gasteiger partial charge in [0, 0.05) is 19.6 Å². The van der Waals surface area contributed by atoms with E-state index in [1.165, 1.54) is 0 Å². The first-order chi connectivity index (χ1) is 6.66. The molecule has 0 aromatic heterocycles. The molecule has 0 amide bonds. The molecule has 2 N–H and O–H groups in total. The van der Waals surface area contributed by atoms with Crippen LogP contribution in [0.25, 0.3) is 0 Å². The van der Waals surface area contributed by atoms with Crippen molar-refractivity contribution in [3.05, 3.63) is 0 Å². The molecule has 0 aliphatic heterocycles. The van der Waals surface area contributed by atoms with Crippen LogP contribution in [0.4, 0.5) is 0 Å². The van der Waals surface area contributed by atoms with E-state index in [1.807, 2.05) is 6.92 Å². The van der Waals surface area contributed by atoms with Crippen molar-refractivity contribution in [3.8, 4) is 0 Å². The second-order valence-electron chi connectivity index (χ2n) is 3.28. The Labute approximate surface area is 84.9 Å². The quantitative estimate of drug-likeness (QED) is 0.557. The minimum atomic E-state index is -0.770. The predicted molar refractivity (Wildman–Crippen MR) is 53.2 cm³/mol. The van der Waals surface area contributed by atoms with Crippen LogP contribution < -0.4 is 0 Å². The zero-order chi connectivity index (χ0) is 10.8. The van der Waals surface area contributed by atoms with Gasteiger partial charge >= 0.3 is 5.97 Å². The maximum absolute atomic E-state index is 10.2. The van der Waals surface area contributed by atoms with Crippen LogP contribution in [0, 0.1) is 0 Å². The van der Waals surface area contributed by atoms with Gasteiger partial charge in [0.1, 0.15) is 0 Å². The molecule has 0 rings (SSSR count). The highest BCUT2D eigenvalue weighted by Gasteiger charge is 2.04. The average molecular weight is 204 g/mol. The van der Waals surface area contributed by atoms with Crippen molar-refractivity contribution in [2.75, 3.05) is 13.2 Å². The molecule has 0 fully saturated rings. The highest BCUT2D eigenvalue weighted by molar-refractivity contribution is 5.66. The number of aliphatic carboxylic acids is 1. The van der Waals surface area contributed by atoms with Crippen molar-refractivity contribution < 1.29 is 19.7 Å². The zero-order valence-electron chi connectivity index (χ0n) is 8.74. The number of aliphatic hydroxyl groups excluding tert-OH is 1. The molecule has 4 heteroatoms. The van der Waals surface area contributed by atoms with Gasteiger partial charge in [0.25, 0.3) is 0 Å². The number of carboxylic acid groups (broad SMARTS) is 1. The van der Waals surface area contributed by atoms with Gasteiger partial charge in [0.05, 0.1) is 6.10 Å². The van der Waals surface area contributed by atoms with Gasteiger partial charge in [-0.25, -0.2) is 0 Å². The molecule has 0 spiro atoms. The van der Waals surface area contributed by atoms with Crippen LogP contribution in [0.2, 0.25) is 0 Å². The molecule has 0 radical (unpaired) electrons. The van der Waals surface area contributed by atoms with E-state index in [2.05, 4.69) is 0 Å². The monoisotopic (exact) mass is 204 g/mol. The van der Waals surface area contributed by atoms with E-state index < -0.39 is 5.97 Å². The molecule has 0 heterocycles. The Morgan fingerprint density at radius 1 is 1.36 bits per heavy atom. The number of rotatable bonds is 9. The number of hydrogen-bond acceptors (Lipinski definition) is 3. The predicted octanol–water partition coefficient (Wildman–Crippen LogP) is 1.42. The molecule has 0 aromatic rings. The molecule has 0 saturated heterocycles. The molecule has 84 valence electrons. The zero-order valence-corrected chi connectivity index (χ0v) is 8.74. The van der Waals surface area contributed by atoms with Crippen LogP contribution in [0.15, 0.2) is 0 Å². The fourth-order valence-electron chi connectivity index (χ4n) is 1.16. The van der Waals surface area contributed by atoms with Crippen LogP contribution in [0.3, 0.4) is 0 Å². The summed E-state index contributed by atoms with van der Waals surface area (Å²) in [7, 11) is 0. The largest absolute Gasteiger partial charge is 0.481 e. The molecule has 14 heavy (non-hydrogen) atoms. The van der Waals surface area contributed by atoms with E-state index in [0.29, 0.717) is 32.5 Å². The Hall–Kier alpha value is -0.610. The van der Waals surface area contributed by atoms with Gasteiger partial charge < -0.3 is 14.9 Å². The van der Waals surface area contributed by atoms with Crippen molar-refractivity contribution in [1.82, 2.24) is 0 Å². The van der Waals surface area contributed by atoms with Gasteiger partial charge in [0.2, 0.25) is 0 Å². The van der Waals surface area contributed by atoms with Crippen molar-refractivity contribution in [1.29, 1.82) is 0 Å². The normalized spacial score (nSPS) is 12.7. The third kappa shape index (κ3) is 9.48. The van der Waals surface area contributed by atoms with Crippen molar-refractivity contribution in [2.24, 2.45) is 0 Å². The Morgan fingerprint density at radius 3 is 2.64 bits per heavy atom. The first kappa shape index (κ1) is 13.4. The number of carboxylic acids is 1. The van der Waals surface area contributed by atoms with Crippen LogP contribution in [0.5, 0.6) is 0 Å². The lowest BCUT2D eigenvalue weighted by atomic mass is 10.1. The molecule has 0 bridgehead atoms. The average Bonchev–Trinajstić information content (AvgIpc) is 2.13. The summed E-state index contributed by atoms with van der Waals surface area (Å²) in [6.07, 6.45) is 2.55. The molecule has 0 aromatic carbocycles. The highest BCUT2D eigenvalue weighted by Crippen LogP contribution is 2.06. The molecular formula is C10H20O4. The van der Waals surface area contributed by atoms with Gasteiger partial charge in [-0.3, -0.25) is 4.79 Å². The smallest absolute Gasteiger partial charge is 0.303 e. The number of unbranched alkanes of at least 4 members (excludes halogenated alkanes) is 1. The molecular weight excluding hydrogens is 184 g/mol. The van der Waals surface area contributed by atoms with E-state index in [1.54, 1.807) is 0 Å². The lowest BCUT2D eigenvalue weighted by Crippen LogP contribution is -2.10. The maximum Gasteiger partial charge on any atom is 0.303 e. The Morgan fingerprint density at radius 2 is 2.07 bits per heavy atom. The van der Waals surface area contributed by atoms with Gasteiger partial charge in [-0.15, -0.1) is 0 Å². The molecule has 0 saturated carbocycles. The molecule has 0 aliphatic rings. The summed E-state index contributed by atoms with van der Waals surface area (Å²) in [6.45, 7) is 3.17. The standard InChI is InChI=1S/C10H20O4/c1-2-14-8-7-9(11)5-3-4-6-10(12)13/h9,11H,2-8H2,1H3,(H,12,13)/t9-/m1/s1. The lowest BCUT2D eigenvalue weighted by molar-refractivity contribution is -0.137. The summed E-state index contributed by atoms with van der Waals surface area (Å²) in [4.78, 5) is 10.2. The molecule has 4 nitrogen and oxygen atoms in total. The summed E-state index contributed by atoms with van der Waals surface area (Å²) in [5.41, 5.74) is 0. The first-order valence-corrected chi connectivity index (χ1v) is 5.14. The number of hydrogen-bond donors (Lipinski definition) is 2. The fourth-order valence-corrected chi connectivity index (χ4v) is 1.16. The second kappa shape index (κ2) is 8.97.